The van der Waals surface area contributed by atoms with Gasteiger partial charge in [-0.25, -0.2) is 10.2 Å². The Bertz CT molecular complexity index is 411. The summed E-state index contributed by atoms with van der Waals surface area (Å²) in [7, 11) is 0. The third kappa shape index (κ3) is 5.12. The van der Waals surface area contributed by atoms with Gasteiger partial charge in [-0.2, -0.15) is 5.10 Å². The summed E-state index contributed by atoms with van der Waals surface area (Å²) in [4.78, 5) is 11.4. The lowest BCUT2D eigenvalue weighted by Gasteiger charge is -2.16. The lowest BCUT2D eigenvalue weighted by molar-refractivity contribution is 0.140. The number of amides is 1. The summed E-state index contributed by atoms with van der Waals surface area (Å²) in [6.07, 6.45) is 7.51. The monoisotopic (exact) mass is 260 g/mol. The summed E-state index contributed by atoms with van der Waals surface area (Å²) in [5, 5.41) is 3.96. The van der Waals surface area contributed by atoms with E-state index < -0.39 is 6.09 Å². The Morgan fingerprint density at radius 1 is 1.26 bits per heavy atom. The third-order valence-corrected chi connectivity index (χ3v) is 3.30. The van der Waals surface area contributed by atoms with Crippen LogP contribution in [0.25, 0.3) is 0 Å². The van der Waals surface area contributed by atoms with Gasteiger partial charge >= 0.3 is 6.09 Å². The molecule has 2 rings (SSSR count). The van der Waals surface area contributed by atoms with E-state index in [1.54, 1.807) is 0 Å². The molecule has 0 spiro atoms. The lowest BCUT2D eigenvalue weighted by Crippen LogP contribution is -2.20. The fraction of sp³-hybridized carbons (Fsp3) is 0.467. The normalized spacial score (nSPS) is 16.4. The van der Waals surface area contributed by atoms with Crippen LogP contribution in [0.2, 0.25) is 0 Å². The first-order valence-corrected chi connectivity index (χ1v) is 6.84. The van der Waals surface area contributed by atoms with Crippen LogP contribution in [0.15, 0.2) is 35.4 Å². The number of nitrogens with one attached hydrogen (secondary N) is 1. The largest absolute Gasteiger partial charge is 0.443 e. The van der Waals surface area contributed by atoms with Gasteiger partial charge in [0.15, 0.2) is 0 Å². The van der Waals surface area contributed by atoms with Crippen molar-refractivity contribution in [2.75, 3.05) is 0 Å². The minimum absolute atomic E-state index is 0.269. The molecule has 0 aromatic heterocycles. The molecule has 19 heavy (non-hydrogen) atoms. The number of hydrogen-bond acceptors (Lipinski definition) is 3. The third-order valence-electron chi connectivity index (χ3n) is 3.30. The number of hydrogen-bond donors (Lipinski definition) is 1. The van der Waals surface area contributed by atoms with Crippen LogP contribution in [0.1, 0.15) is 37.7 Å². The summed E-state index contributed by atoms with van der Waals surface area (Å²) in [5.74, 6) is 0.503. The zero-order chi connectivity index (χ0) is 13.3. The molecule has 0 saturated heterocycles. The number of hydrazone groups is 1. The Kier molecular flexibility index (Phi) is 5.41. The molecule has 1 aromatic rings. The van der Waals surface area contributed by atoms with Crippen LogP contribution >= 0.6 is 0 Å². The first kappa shape index (κ1) is 13.6. The number of carbonyl (C=O) groups is 1. The highest BCUT2D eigenvalue weighted by Crippen LogP contribution is 2.21. The van der Waals surface area contributed by atoms with E-state index in [0.29, 0.717) is 5.92 Å². The van der Waals surface area contributed by atoms with Crippen molar-refractivity contribution < 1.29 is 9.53 Å². The molecule has 1 amide bonds. The average molecular weight is 260 g/mol. The molecule has 0 aliphatic heterocycles. The number of benzene rings is 1. The Morgan fingerprint density at radius 2 is 2.00 bits per heavy atom. The average Bonchev–Trinajstić information content (AvgIpc) is 2.47. The quantitative estimate of drug-likeness (QED) is 0.665. The Labute approximate surface area is 113 Å². The molecule has 4 heteroatoms. The second kappa shape index (κ2) is 7.56. The molecule has 1 fully saturated rings. The fourth-order valence-corrected chi connectivity index (χ4v) is 2.23. The van der Waals surface area contributed by atoms with Gasteiger partial charge in [0.2, 0.25) is 0 Å². The van der Waals surface area contributed by atoms with Crippen LogP contribution in [0.3, 0.4) is 0 Å². The molecule has 0 unspecified atom stereocenters. The standard InChI is InChI=1S/C15H20N2O2/c18-15(19-12-14-9-5-2-6-10-14)17-16-11-13-7-3-1-4-8-13/h2,5-6,9-11,13H,1,3-4,7-8,12H2,(H,17,18)/b16-11+. The van der Waals surface area contributed by atoms with Gasteiger partial charge in [-0.1, -0.05) is 49.6 Å². The Hall–Kier alpha value is -1.84. The van der Waals surface area contributed by atoms with E-state index in [4.69, 9.17) is 4.74 Å². The van der Waals surface area contributed by atoms with E-state index in [2.05, 4.69) is 10.5 Å². The molecule has 1 aliphatic carbocycles. The highest BCUT2D eigenvalue weighted by atomic mass is 16.5. The minimum atomic E-state index is -0.504. The summed E-state index contributed by atoms with van der Waals surface area (Å²) in [6, 6.07) is 9.59. The van der Waals surface area contributed by atoms with Crippen LogP contribution in [0, 0.1) is 5.92 Å². The number of rotatable bonds is 4. The highest BCUT2D eigenvalue weighted by molar-refractivity contribution is 5.69. The van der Waals surface area contributed by atoms with Gasteiger partial charge in [0.05, 0.1) is 0 Å². The van der Waals surface area contributed by atoms with Crippen molar-refractivity contribution >= 4 is 12.3 Å². The second-order valence-electron chi connectivity index (χ2n) is 4.85. The molecule has 102 valence electrons. The van der Waals surface area contributed by atoms with Crippen LogP contribution in [-0.2, 0) is 11.3 Å². The van der Waals surface area contributed by atoms with E-state index in [0.717, 1.165) is 5.56 Å². The van der Waals surface area contributed by atoms with Gasteiger partial charge in [0.1, 0.15) is 6.61 Å². The maximum absolute atomic E-state index is 11.4. The van der Waals surface area contributed by atoms with E-state index in [1.165, 1.54) is 32.1 Å². The molecule has 1 aromatic carbocycles. The topological polar surface area (TPSA) is 50.7 Å². The Morgan fingerprint density at radius 3 is 2.74 bits per heavy atom. The van der Waals surface area contributed by atoms with Crippen LogP contribution < -0.4 is 5.43 Å². The molecule has 1 aliphatic rings. The van der Waals surface area contributed by atoms with Gasteiger partial charge in [0, 0.05) is 6.21 Å². The predicted molar refractivity (Wildman–Crippen MR) is 74.8 cm³/mol. The van der Waals surface area contributed by atoms with E-state index >= 15 is 0 Å². The molecule has 1 N–H and O–H groups in total. The second-order valence-corrected chi connectivity index (χ2v) is 4.85. The van der Waals surface area contributed by atoms with Crippen LogP contribution in [0.4, 0.5) is 4.79 Å². The first-order chi connectivity index (χ1) is 9.34. The van der Waals surface area contributed by atoms with Crippen molar-refractivity contribution in [1.82, 2.24) is 5.43 Å². The van der Waals surface area contributed by atoms with Crippen LogP contribution in [-0.4, -0.2) is 12.3 Å². The molecule has 0 atom stereocenters. The SMILES string of the molecule is O=C(N/N=C/C1CCCCC1)OCc1ccccc1. The first-order valence-electron chi connectivity index (χ1n) is 6.84. The highest BCUT2D eigenvalue weighted by Gasteiger charge is 2.10. The van der Waals surface area contributed by atoms with Crippen molar-refractivity contribution in [3.8, 4) is 0 Å². The molecule has 0 heterocycles. The molecule has 1 saturated carbocycles. The fourth-order valence-electron chi connectivity index (χ4n) is 2.23. The van der Waals surface area contributed by atoms with E-state index in [-0.39, 0.29) is 6.61 Å². The van der Waals surface area contributed by atoms with Gasteiger partial charge in [0.25, 0.3) is 0 Å². The summed E-state index contributed by atoms with van der Waals surface area (Å²) >= 11 is 0. The molecular formula is C15H20N2O2. The van der Waals surface area contributed by atoms with Gasteiger partial charge in [-0.3, -0.25) is 0 Å². The minimum Gasteiger partial charge on any atom is -0.443 e. The maximum atomic E-state index is 11.4. The van der Waals surface area contributed by atoms with Crippen LogP contribution in [0.5, 0.6) is 0 Å². The van der Waals surface area contributed by atoms with Crippen molar-refractivity contribution in [2.45, 2.75) is 38.7 Å². The van der Waals surface area contributed by atoms with Crippen molar-refractivity contribution in [2.24, 2.45) is 11.0 Å². The Balaban J connectivity index is 1.65. The lowest BCUT2D eigenvalue weighted by atomic mass is 9.90. The maximum Gasteiger partial charge on any atom is 0.428 e. The zero-order valence-electron chi connectivity index (χ0n) is 11.0. The van der Waals surface area contributed by atoms with Crippen molar-refractivity contribution in [3.63, 3.8) is 0 Å². The summed E-state index contributed by atoms with van der Waals surface area (Å²) < 4.78 is 5.05. The number of carbonyl (C=O) groups excluding carboxylic acids is 1. The molecule has 0 bridgehead atoms. The predicted octanol–water partition coefficient (Wildman–Crippen LogP) is 3.48. The molecular weight excluding hydrogens is 240 g/mol. The van der Waals surface area contributed by atoms with E-state index in [1.807, 2.05) is 36.5 Å². The smallest absolute Gasteiger partial charge is 0.428 e. The van der Waals surface area contributed by atoms with Gasteiger partial charge in [-0.05, 0) is 24.3 Å². The summed E-state index contributed by atoms with van der Waals surface area (Å²) in [5.41, 5.74) is 3.38. The van der Waals surface area contributed by atoms with Gasteiger partial charge < -0.3 is 4.74 Å². The molecule has 4 nitrogen and oxygen atoms in total. The van der Waals surface area contributed by atoms with Crippen molar-refractivity contribution in [3.05, 3.63) is 35.9 Å². The van der Waals surface area contributed by atoms with Gasteiger partial charge in [-0.15, -0.1) is 0 Å². The number of nitrogens with zero attached hydrogens (tertiary/aromatic N) is 1. The summed E-state index contributed by atoms with van der Waals surface area (Å²) in [6.45, 7) is 0.269. The molecule has 0 radical (unpaired) electrons. The van der Waals surface area contributed by atoms with Crippen molar-refractivity contribution in [1.29, 1.82) is 0 Å². The number of ether oxygens (including phenoxy) is 1. The zero-order valence-corrected chi connectivity index (χ0v) is 11.0. The van der Waals surface area contributed by atoms with E-state index in [9.17, 15) is 4.79 Å².